The van der Waals surface area contributed by atoms with Gasteiger partial charge in [-0.2, -0.15) is 0 Å². The van der Waals surface area contributed by atoms with Crippen LogP contribution in [0.25, 0.3) is 0 Å². The molecule has 276 valence electrons. The minimum absolute atomic E-state index is 0.0355. The van der Waals surface area contributed by atoms with Crippen molar-refractivity contribution in [3.8, 4) is 5.75 Å². The molecule has 3 aliphatic rings. The van der Waals surface area contributed by atoms with Gasteiger partial charge in [0.1, 0.15) is 5.75 Å². The van der Waals surface area contributed by atoms with E-state index in [0.29, 0.717) is 36.6 Å². The molecule has 2 fully saturated rings. The molecule has 3 heterocycles. The highest BCUT2D eigenvalue weighted by Crippen LogP contribution is 2.61. The fourth-order valence-corrected chi connectivity index (χ4v) is 12.8. The highest BCUT2D eigenvalue weighted by Gasteiger charge is 2.67. The average Bonchev–Trinajstić information content (AvgIpc) is 3.61. The Hall–Kier alpha value is -4.81. The number of aliphatic hydroxyl groups is 1. The summed E-state index contributed by atoms with van der Waals surface area (Å²) in [4.78, 5) is 48.0. The van der Waals surface area contributed by atoms with Crippen LogP contribution in [0.2, 0.25) is 18.6 Å². The fraction of sp³-hybridized carbons (Fsp3) is 0.357. The molecule has 0 saturated carbocycles. The van der Waals surface area contributed by atoms with Crippen molar-refractivity contribution in [2.24, 2.45) is 5.92 Å². The van der Waals surface area contributed by atoms with E-state index in [2.05, 4.69) is 37.5 Å². The first kappa shape index (κ1) is 36.5. The zero-order chi connectivity index (χ0) is 37.3. The molecule has 4 atom stereocenters. The van der Waals surface area contributed by atoms with Crippen LogP contribution in [-0.2, 0) is 31.3 Å². The number of nitrogens with one attached hydrogen (secondary N) is 1. The molecule has 7 rings (SSSR count). The number of carbonyl (C=O) groups excluding carboxylic acids is 3. The third kappa shape index (κ3) is 6.56. The monoisotopic (exact) mass is 732 g/mol. The van der Waals surface area contributed by atoms with E-state index in [0.717, 1.165) is 22.2 Å². The van der Waals surface area contributed by atoms with Gasteiger partial charge >= 0.3 is 0 Å². The largest absolute Gasteiger partial charge is 0.497 e. The van der Waals surface area contributed by atoms with Crippen LogP contribution in [-0.4, -0.2) is 81.8 Å². The molecule has 0 aromatic heterocycles. The highest BCUT2D eigenvalue weighted by molar-refractivity contribution is 6.91. The molecule has 2 N–H and O–H groups in total. The second-order valence-electron chi connectivity index (χ2n) is 14.8. The van der Waals surface area contributed by atoms with Crippen LogP contribution in [0, 0.1) is 5.92 Å². The number of hydrogen-bond donors (Lipinski definition) is 2. The van der Waals surface area contributed by atoms with Crippen molar-refractivity contribution in [2.75, 3.05) is 49.7 Å². The zero-order valence-electron chi connectivity index (χ0n) is 30.8. The second-order valence-corrected chi connectivity index (χ2v) is 19.5. The van der Waals surface area contributed by atoms with Crippen molar-refractivity contribution in [1.82, 2.24) is 10.2 Å². The summed E-state index contributed by atoms with van der Waals surface area (Å²) in [6.45, 7) is 8.44. The summed E-state index contributed by atoms with van der Waals surface area (Å²) in [6.07, 6.45) is -0.574. The van der Waals surface area contributed by atoms with Crippen LogP contribution in [0.15, 0.2) is 103 Å². The number of carbonyl (C=O) groups is 3. The topological polar surface area (TPSA) is 112 Å². The number of piperazine rings is 1. The summed E-state index contributed by atoms with van der Waals surface area (Å²) in [5.74, 6) is 0.0231. The highest BCUT2D eigenvalue weighted by atomic mass is 28.3. The number of ether oxygens (including phenoxy) is 2. The van der Waals surface area contributed by atoms with Gasteiger partial charge in [-0.15, -0.1) is 0 Å². The number of hydrogen-bond acceptors (Lipinski definition) is 7. The van der Waals surface area contributed by atoms with Gasteiger partial charge in [0.05, 0.1) is 46.5 Å². The van der Waals surface area contributed by atoms with Gasteiger partial charge in [-0.05, 0) is 53.6 Å². The minimum Gasteiger partial charge on any atom is -0.497 e. The van der Waals surface area contributed by atoms with Gasteiger partial charge in [-0.1, -0.05) is 85.9 Å². The number of benzene rings is 4. The Kier molecular flexibility index (Phi) is 10.3. The molecule has 1 spiro atoms. The van der Waals surface area contributed by atoms with Crippen molar-refractivity contribution >= 4 is 48.0 Å². The summed E-state index contributed by atoms with van der Waals surface area (Å²) < 4.78 is 12.8. The molecule has 4 aromatic rings. The van der Waals surface area contributed by atoms with Gasteiger partial charge in [-0.3, -0.25) is 19.3 Å². The predicted octanol–water partition coefficient (Wildman–Crippen LogP) is 4.94. The van der Waals surface area contributed by atoms with Crippen LogP contribution < -0.4 is 25.0 Å². The molecular formula is C42H48N4O6Si. The van der Waals surface area contributed by atoms with E-state index < -0.39 is 19.8 Å². The van der Waals surface area contributed by atoms with E-state index in [4.69, 9.17) is 9.47 Å². The second kappa shape index (κ2) is 14.9. The third-order valence-electron chi connectivity index (χ3n) is 11.5. The standard InChI is InChI=1S/C42H48N4O6Si/c1-29-40(53(3,4)34-18-16-33(51-2)17-19-34)37(26-38(48)44(23-24-47)28-30-11-7-5-8-12-30)52-42(29)35-25-32(45-22-21-43-27-39(45)49)15-20-36(35)46(41(42)50)31-13-9-6-10-14-31/h5-20,25,29,37,40,43,47H,21-24,26-28H2,1-4H3/t29-,37+,40-,42+/m1/s1. The first-order chi connectivity index (χ1) is 25.6. The SMILES string of the molecule is COc1ccc([Si](C)(C)[C@H]2[C@H](CC(=O)N(CCO)Cc3ccccc3)O[C@@]3(C(=O)N(c4ccccc4)c4ccc(N5CCNCC5=O)cc43)[C@@H]2C)cc1. The van der Waals surface area contributed by atoms with Gasteiger partial charge in [0.25, 0.3) is 5.91 Å². The van der Waals surface area contributed by atoms with Crippen molar-refractivity contribution in [1.29, 1.82) is 0 Å². The molecule has 3 amide bonds. The maximum atomic E-state index is 15.3. The predicted molar refractivity (Wildman–Crippen MR) is 208 cm³/mol. The minimum atomic E-state index is -2.55. The van der Waals surface area contributed by atoms with Crippen molar-refractivity contribution in [2.45, 2.75) is 50.2 Å². The lowest BCUT2D eigenvalue weighted by Crippen LogP contribution is -2.52. The van der Waals surface area contributed by atoms with E-state index in [1.165, 1.54) is 0 Å². The maximum Gasteiger partial charge on any atom is 0.268 e. The summed E-state index contributed by atoms with van der Waals surface area (Å²) in [5, 5.41) is 14.3. The Morgan fingerprint density at radius 1 is 0.981 bits per heavy atom. The molecule has 4 aromatic carbocycles. The first-order valence-corrected chi connectivity index (χ1v) is 21.5. The molecule has 0 aliphatic carbocycles. The fourth-order valence-electron chi connectivity index (χ4n) is 8.83. The summed E-state index contributed by atoms with van der Waals surface area (Å²) in [6, 6.07) is 33.3. The third-order valence-corrected chi connectivity index (χ3v) is 15.8. The smallest absolute Gasteiger partial charge is 0.268 e. The Balaban J connectivity index is 1.35. The zero-order valence-corrected chi connectivity index (χ0v) is 31.8. The molecule has 53 heavy (non-hydrogen) atoms. The van der Waals surface area contributed by atoms with E-state index >= 15 is 4.79 Å². The van der Waals surface area contributed by atoms with Crippen LogP contribution in [0.3, 0.4) is 0 Å². The number of amides is 3. The van der Waals surface area contributed by atoms with Crippen molar-refractivity contribution < 1.29 is 29.0 Å². The lowest BCUT2D eigenvalue weighted by Gasteiger charge is -2.37. The molecule has 0 unspecified atom stereocenters. The van der Waals surface area contributed by atoms with Crippen LogP contribution in [0.5, 0.6) is 5.75 Å². The maximum absolute atomic E-state index is 15.3. The summed E-state index contributed by atoms with van der Waals surface area (Å²) in [7, 11) is -0.903. The summed E-state index contributed by atoms with van der Waals surface area (Å²) >= 11 is 0. The van der Waals surface area contributed by atoms with E-state index in [9.17, 15) is 14.7 Å². The molecule has 0 radical (unpaired) electrons. The van der Waals surface area contributed by atoms with Crippen LogP contribution >= 0.6 is 0 Å². The number of rotatable bonds is 11. The molecule has 11 heteroatoms. The van der Waals surface area contributed by atoms with Gasteiger partial charge in [0, 0.05) is 49.0 Å². The Bertz CT molecular complexity index is 1960. The van der Waals surface area contributed by atoms with Gasteiger partial charge in [-0.25, -0.2) is 0 Å². The van der Waals surface area contributed by atoms with Crippen LogP contribution in [0.4, 0.5) is 17.1 Å². The van der Waals surface area contributed by atoms with Gasteiger partial charge < -0.3 is 29.7 Å². The van der Waals surface area contributed by atoms with E-state index in [-0.39, 0.29) is 55.3 Å². The molecule has 2 saturated heterocycles. The van der Waals surface area contributed by atoms with Gasteiger partial charge in [0.15, 0.2) is 5.60 Å². The summed E-state index contributed by atoms with van der Waals surface area (Å²) in [5.41, 5.74) is 2.21. The molecule has 0 bridgehead atoms. The lowest BCUT2D eigenvalue weighted by molar-refractivity contribution is -0.149. The number of fused-ring (bicyclic) bond motifs is 2. The van der Waals surface area contributed by atoms with Gasteiger partial charge in [0.2, 0.25) is 11.8 Å². The number of methoxy groups -OCH3 is 1. The van der Waals surface area contributed by atoms with E-state index in [1.807, 2.05) is 91.0 Å². The quantitative estimate of drug-likeness (QED) is 0.211. The molecular weight excluding hydrogens is 685 g/mol. The van der Waals surface area contributed by atoms with E-state index in [1.54, 1.807) is 21.8 Å². The molecule has 10 nitrogen and oxygen atoms in total. The normalized spacial score (nSPS) is 22.7. The molecule has 3 aliphatic heterocycles. The Labute approximate surface area is 312 Å². The first-order valence-electron chi connectivity index (χ1n) is 18.4. The number of para-hydroxylation sites is 1. The van der Waals surface area contributed by atoms with Crippen molar-refractivity contribution in [3.63, 3.8) is 0 Å². The Morgan fingerprint density at radius 3 is 2.34 bits per heavy atom. The Morgan fingerprint density at radius 2 is 1.68 bits per heavy atom. The number of nitrogens with zero attached hydrogens (tertiary/aromatic N) is 3. The van der Waals surface area contributed by atoms with Crippen molar-refractivity contribution in [3.05, 3.63) is 114 Å². The average molecular weight is 733 g/mol. The number of aliphatic hydroxyl groups excluding tert-OH is 1. The lowest BCUT2D eigenvalue weighted by atomic mass is 9.82. The van der Waals surface area contributed by atoms with Crippen LogP contribution in [0.1, 0.15) is 24.5 Å². The number of anilines is 3.